The van der Waals surface area contributed by atoms with Crippen molar-refractivity contribution in [3.63, 3.8) is 0 Å². The fourth-order valence-electron chi connectivity index (χ4n) is 3.21. The van der Waals surface area contributed by atoms with Crippen LogP contribution in [0.4, 0.5) is 0 Å². The van der Waals surface area contributed by atoms with E-state index < -0.39 is 0 Å². The van der Waals surface area contributed by atoms with Gasteiger partial charge in [0.25, 0.3) is 5.56 Å². The average molecular weight is 423 g/mol. The number of Topliss-reactive ketones (excluding diaryl/α,β-unsaturated/α-hetero) is 1. The highest BCUT2D eigenvalue weighted by atomic mass is 16.5. The minimum Gasteiger partial charge on any atom is -0.376 e. The molecule has 0 saturated carbocycles. The minimum atomic E-state index is -0.355. The number of hydrogen-bond acceptors (Lipinski definition) is 5. The molecule has 0 atom stereocenters. The lowest BCUT2D eigenvalue weighted by Crippen LogP contribution is -2.39. The lowest BCUT2D eigenvalue weighted by molar-refractivity contribution is -0.117. The number of hydrogen-bond donors (Lipinski definition) is 0. The van der Waals surface area contributed by atoms with Gasteiger partial charge in [-0.05, 0) is 53.9 Å². The molecule has 0 spiro atoms. The van der Waals surface area contributed by atoms with E-state index in [0.29, 0.717) is 55.7 Å². The summed E-state index contributed by atoms with van der Waals surface area (Å²) in [6.45, 7) is 12.8. The van der Waals surface area contributed by atoms with Crippen LogP contribution in [0.3, 0.4) is 0 Å². The molecule has 0 saturated heterocycles. The number of rotatable bonds is 10. The Morgan fingerprint density at radius 3 is 2.20 bits per heavy atom. The third kappa shape index (κ3) is 7.55. The fourth-order valence-corrected chi connectivity index (χ4v) is 3.21. The van der Waals surface area contributed by atoms with Crippen molar-refractivity contribution in [2.24, 2.45) is 7.05 Å². The zero-order chi connectivity index (χ0) is 22.8. The molecule has 0 N–H and O–H groups in total. The molecule has 0 bridgehead atoms. The van der Waals surface area contributed by atoms with Gasteiger partial charge in [0, 0.05) is 26.6 Å². The Morgan fingerprint density at radius 1 is 1.07 bits per heavy atom. The van der Waals surface area contributed by atoms with E-state index in [1.807, 2.05) is 32.3 Å². The number of aryl methyl sites for hydroxylation is 2. The molecular weight excluding hydrogens is 384 g/mol. The number of nitrogens with zero attached hydrogens (tertiary/aromatic N) is 4. The summed E-state index contributed by atoms with van der Waals surface area (Å²) in [5.41, 5.74) is 0.258. The Labute approximate surface area is 178 Å². The lowest BCUT2D eigenvalue weighted by atomic mass is 10.2. The van der Waals surface area contributed by atoms with E-state index in [0.717, 1.165) is 12.8 Å². The number of aromatic nitrogens is 4. The topological polar surface area (TPSA) is 88.1 Å². The molecule has 0 radical (unpaired) electrons. The minimum absolute atomic E-state index is 0.123. The number of carbonyl (C=O) groups excluding carboxylic acids is 1. The Balaban J connectivity index is 0.000000553. The zero-order valence-electron chi connectivity index (χ0n) is 19.6. The fraction of sp³-hybridized carbons (Fsp3) is 0.727. The highest BCUT2D eigenvalue weighted by Crippen LogP contribution is 2.08. The van der Waals surface area contributed by atoms with Gasteiger partial charge < -0.3 is 14.1 Å². The van der Waals surface area contributed by atoms with E-state index in [-0.39, 0.29) is 17.0 Å². The summed E-state index contributed by atoms with van der Waals surface area (Å²) >= 11 is 0. The third-order valence-corrected chi connectivity index (χ3v) is 4.56. The first-order chi connectivity index (χ1) is 14.1. The molecule has 2 aromatic heterocycles. The first-order valence-electron chi connectivity index (χ1n) is 10.9. The molecule has 8 heteroatoms. The number of carbonyl (C=O) groups is 1. The molecular formula is C22H38N4O4. The molecule has 2 aromatic rings. The lowest BCUT2D eigenvalue weighted by Gasteiger charge is -2.09. The molecule has 0 aromatic carbocycles. The summed E-state index contributed by atoms with van der Waals surface area (Å²) in [6.07, 6.45) is 6.13. The summed E-state index contributed by atoms with van der Waals surface area (Å²) in [4.78, 5) is 40.3. The quantitative estimate of drug-likeness (QED) is 0.548. The molecule has 2 rings (SSSR count). The molecule has 170 valence electrons. The number of ketones is 1. The third-order valence-electron chi connectivity index (χ3n) is 4.56. The second-order valence-electron chi connectivity index (χ2n) is 8.15. The second kappa shape index (κ2) is 12.5. The normalized spacial score (nSPS) is 11.2. The maximum absolute atomic E-state index is 12.7. The SMILES string of the molecule is CC(C)OC(C)C.CCCCn1cnc2c1c(=O)n(CCCCC(C)=O)c(=O)n2C. The molecule has 0 amide bonds. The van der Waals surface area contributed by atoms with Gasteiger partial charge in [-0.15, -0.1) is 0 Å². The van der Waals surface area contributed by atoms with E-state index in [1.165, 1.54) is 9.13 Å². The summed E-state index contributed by atoms with van der Waals surface area (Å²) < 4.78 is 9.75. The van der Waals surface area contributed by atoms with E-state index in [2.05, 4.69) is 11.9 Å². The highest BCUT2D eigenvalue weighted by Gasteiger charge is 2.15. The van der Waals surface area contributed by atoms with Crippen molar-refractivity contribution in [1.82, 2.24) is 18.7 Å². The van der Waals surface area contributed by atoms with Crippen LogP contribution >= 0.6 is 0 Å². The average Bonchev–Trinajstić information content (AvgIpc) is 3.07. The van der Waals surface area contributed by atoms with Crippen LogP contribution in [-0.4, -0.2) is 36.7 Å². The molecule has 0 aliphatic heterocycles. The van der Waals surface area contributed by atoms with E-state index in [1.54, 1.807) is 20.3 Å². The largest absolute Gasteiger partial charge is 0.376 e. The van der Waals surface area contributed by atoms with Gasteiger partial charge >= 0.3 is 5.69 Å². The predicted octanol–water partition coefficient (Wildman–Crippen LogP) is 3.28. The summed E-state index contributed by atoms with van der Waals surface area (Å²) in [5.74, 6) is 0.123. The van der Waals surface area contributed by atoms with Crippen molar-refractivity contribution in [1.29, 1.82) is 0 Å². The Hall–Kier alpha value is -2.22. The Bertz CT molecular complexity index is 916. The van der Waals surface area contributed by atoms with Crippen LogP contribution in [0.5, 0.6) is 0 Å². The monoisotopic (exact) mass is 422 g/mol. The Kier molecular flexibility index (Phi) is 10.7. The van der Waals surface area contributed by atoms with Crippen LogP contribution in [0.25, 0.3) is 11.2 Å². The van der Waals surface area contributed by atoms with E-state index >= 15 is 0 Å². The van der Waals surface area contributed by atoms with Crippen molar-refractivity contribution < 1.29 is 9.53 Å². The van der Waals surface area contributed by atoms with Gasteiger partial charge in [0.2, 0.25) is 0 Å². The molecule has 0 fully saturated rings. The second-order valence-corrected chi connectivity index (χ2v) is 8.15. The molecule has 0 aliphatic rings. The summed E-state index contributed by atoms with van der Waals surface area (Å²) in [5, 5.41) is 0. The van der Waals surface area contributed by atoms with Crippen molar-refractivity contribution >= 4 is 16.9 Å². The maximum atomic E-state index is 12.7. The van der Waals surface area contributed by atoms with E-state index in [9.17, 15) is 14.4 Å². The summed E-state index contributed by atoms with van der Waals surface area (Å²) in [6, 6.07) is 0. The van der Waals surface area contributed by atoms with Gasteiger partial charge in [-0.2, -0.15) is 0 Å². The molecule has 2 heterocycles. The molecule has 0 aliphatic carbocycles. The van der Waals surface area contributed by atoms with Crippen LogP contribution in [0.2, 0.25) is 0 Å². The maximum Gasteiger partial charge on any atom is 0.332 e. The van der Waals surface area contributed by atoms with Crippen LogP contribution in [0.15, 0.2) is 15.9 Å². The molecule has 0 unspecified atom stereocenters. The molecule has 8 nitrogen and oxygen atoms in total. The summed E-state index contributed by atoms with van der Waals surface area (Å²) in [7, 11) is 1.63. The van der Waals surface area contributed by atoms with E-state index in [4.69, 9.17) is 4.74 Å². The van der Waals surface area contributed by atoms with Crippen LogP contribution < -0.4 is 11.2 Å². The Morgan fingerprint density at radius 2 is 1.70 bits per heavy atom. The standard InChI is InChI=1S/C16H24N4O3.C6H14O/c1-4-5-9-19-11-17-14-13(19)15(22)20(16(23)18(14)3)10-7-6-8-12(2)21;1-5(2)7-6(3)4/h11H,4-10H2,1-3H3;5-6H,1-4H3. The van der Waals surface area contributed by atoms with Crippen LogP contribution in [0, 0.1) is 0 Å². The van der Waals surface area contributed by atoms with Crippen LogP contribution in [-0.2, 0) is 29.7 Å². The highest BCUT2D eigenvalue weighted by molar-refractivity contribution is 5.75. The van der Waals surface area contributed by atoms with Gasteiger partial charge in [0.05, 0.1) is 18.5 Å². The van der Waals surface area contributed by atoms with Gasteiger partial charge in [-0.1, -0.05) is 13.3 Å². The van der Waals surface area contributed by atoms with Gasteiger partial charge in [-0.3, -0.25) is 13.9 Å². The van der Waals surface area contributed by atoms with Crippen molar-refractivity contribution in [2.75, 3.05) is 0 Å². The number of fused-ring (bicyclic) bond motifs is 1. The van der Waals surface area contributed by atoms with Gasteiger partial charge in [0.15, 0.2) is 11.2 Å². The van der Waals surface area contributed by atoms with Crippen molar-refractivity contribution in [3.8, 4) is 0 Å². The van der Waals surface area contributed by atoms with Gasteiger partial charge in [0.1, 0.15) is 5.78 Å². The first kappa shape index (κ1) is 25.8. The van der Waals surface area contributed by atoms with Gasteiger partial charge in [-0.25, -0.2) is 9.78 Å². The predicted molar refractivity (Wildman–Crippen MR) is 120 cm³/mol. The van der Waals surface area contributed by atoms with Crippen molar-refractivity contribution in [2.45, 2.75) is 98.9 Å². The van der Waals surface area contributed by atoms with Crippen LogP contribution in [0.1, 0.15) is 73.6 Å². The zero-order valence-corrected chi connectivity index (χ0v) is 19.6. The molecule has 30 heavy (non-hydrogen) atoms. The van der Waals surface area contributed by atoms with Crippen molar-refractivity contribution in [3.05, 3.63) is 27.2 Å². The number of ether oxygens (including phenoxy) is 1. The number of unbranched alkanes of at least 4 members (excludes halogenated alkanes) is 2. The smallest absolute Gasteiger partial charge is 0.332 e. The number of imidazole rings is 1. The first-order valence-corrected chi connectivity index (χ1v) is 10.9.